The van der Waals surface area contributed by atoms with Crippen molar-refractivity contribution in [3.05, 3.63) is 72.6 Å². The fourth-order valence-electron chi connectivity index (χ4n) is 2.92. The van der Waals surface area contributed by atoms with Crippen molar-refractivity contribution in [3.8, 4) is 5.75 Å². The van der Waals surface area contributed by atoms with Crippen molar-refractivity contribution in [1.82, 2.24) is 10.7 Å². The molecule has 26 heavy (non-hydrogen) atoms. The summed E-state index contributed by atoms with van der Waals surface area (Å²) in [6, 6.07) is 7.25. The topological polar surface area (TPSA) is 79.6 Å². The molecule has 0 aromatic heterocycles. The molecule has 0 fully saturated rings. The van der Waals surface area contributed by atoms with E-state index < -0.39 is 6.04 Å². The maximum atomic E-state index is 12.5. The second-order valence-electron chi connectivity index (χ2n) is 6.05. The summed E-state index contributed by atoms with van der Waals surface area (Å²) in [7, 11) is 1.63. The lowest BCUT2D eigenvalue weighted by atomic mass is 10.0. The Hall–Kier alpha value is -2.83. The van der Waals surface area contributed by atoms with Crippen molar-refractivity contribution in [3.63, 3.8) is 0 Å². The minimum absolute atomic E-state index is 0.0216. The summed E-state index contributed by atoms with van der Waals surface area (Å²) in [6.07, 6.45) is 14.2. The zero-order valence-corrected chi connectivity index (χ0v) is 14.8. The van der Waals surface area contributed by atoms with Gasteiger partial charge in [-0.3, -0.25) is 9.80 Å². The third kappa shape index (κ3) is 4.22. The Bertz CT molecular complexity index is 767. The summed E-state index contributed by atoms with van der Waals surface area (Å²) in [6.45, 7) is 0.350. The van der Waals surface area contributed by atoms with Crippen LogP contribution in [0.4, 0.5) is 5.69 Å². The molecule has 0 spiro atoms. The molecule has 2 aliphatic rings. The SMILES string of the molecule is COc1cccc(N2C=CC(=O)C(/C(=C/CN)NC3C=CC=CC3)N2)c1. The molecule has 0 saturated carbocycles. The highest BCUT2D eigenvalue weighted by Crippen LogP contribution is 2.22. The second-order valence-corrected chi connectivity index (χ2v) is 6.05. The molecule has 1 aromatic rings. The molecule has 1 aromatic carbocycles. The molecule has 6 heteroatoms. The highest BCUT2D eigenvalue weighted by molar-refractivity contribution is 5.98. The normalized spacial score (nSPS) is 22.6. The van der Waals surface area contributed by atoms with Gasteiger partial charge in [0.2, 0.25) is 0 Å². The molecule has 0 saturated heterocycles. The van der Waals surface area contributed by atoms with Crippen LogP contribution in [0.2, 0.25) is 0 Å². The Balaban J connectivity index is 1.79. The molecule has 1 aliphatic heterocycles. The number of hydrogen-bond acceptors (Lipinski definition) is 6. The van der Waals surface area contributed by atoms with Crippen LogP contribution in [0.3, 0.4) is 0 Å². The van der Waals surface area contributed by atoms with Gasteiger partial charge < -0.3 is 15.8 Å². The number of nitrogens with one attached hydrogen (secondary N) is 2. The molecular formula is C20H24N4O2. The number of rotatable bonds is 6. The van der Waals surface area contributed by atoms with E-state index in [2.05, 4.69) is 22.9 Å². The molecule has 1 aliphatic carbocycles. The average Bonchev–Trinajstić information content (AvgIpc) is 2.69. The third-order valence-corrected chi connectivity index (χ3v) is 4.25. The van der Waals surface area contributed by atoms with Crippen LogP contribution in [-0.4, -0.2) is 31.5 Å². The number of hydrazine groups is 1. The summed E-state index contributed by atoms with van der Waals surface area (Å²) in [4.78, 5) is 12.5. The molecule has 0 bridgehead atoms. The first-order chi connectivity index (χ1) is 12.7. The van der Waals surface area contributed by atoms with Gasteiger partial charge in [-0.2, -0.15) is 0 Å². The second kappa shape index (κ2) is 8.51. The Labute approximate surface area is 153 Å². The maximum Gasteiger partial charge on any atom is 0.181 e. The van der Waals surface area contributed by atoms with E-state index in [4.69, 9.17) is 10.5 Å². The van der Waals surface area contributed by atoms with Crippen LogP contribution in [-0.2, 0) is 4.79 Å². The van der Waals surface area contributed by atoms with Gasteiger partial charge >= 0.3 is 0 Å². The van der Waals surface area contributed by atoms with Gasteiger partial charge in [0, 0.05) is 36.6 Å². The van der Waals surface area contributed by atoms with E-state index in [1.165, 1.54) is 0 Å². The Kier molecular flexibility index (Phi) is 5.88. The van der Waals surface area contributed by atoms with Gasteiger partial charge in [0.15, 0.2) is 5.78 Å². The number of ketones is 1. The van der Waals surface area contributed by atoms with Crippen molar-refractivity contribution in [2.24, 2.45) is 5.73 Å². The van der Waals surface area contributed by atoms with E-state index in [0.29, 0.717) is 6.54 Å². The van der Waals surface area contributed by atoms with Gasteiger partial charge in [0.05, 0.1) is 12.8 Å². The Morgan fingerprint density at radius 2 is 2.35 bits per heavy atom. The number of carbonyl (C=O) groups excluding carboxylic acids is 1. The number of benzene rings is 1. The molecule has 136 valence electrons. The lowest BCUT2D eigenvalue weighted by molar-refractivity contribution is -0.116. The molecule has 2 atom stereocenters. The quantitative estimate of drug-likeness (QED) is 0.724. The molecule has 4 N–H and O–H groups in total. The summed E-state index contributed by atoms with van der Waals surface area (Å²) in [5.41, 5.74) is 10.7. The molecule has 1 heterocycles. The molecule has 6 nitrogen and oxygen atoms in total. The van der Waals surface area contributed by atoms with Crippen LogP contribution in [0, 0.1) is 0 Å². The molecule has 3 rings (SSSR count). The van der Waals surface area contributed by atoms with Gasteiger partial charge in [0.25, 0.3) is 0 Å². The molecule has 2 unspecified atom stereocenters. The van der Waals surface area contributed by atoms with Crippen molar-refractivity contribution >= 4 is 11.5 Å². The lowest BCUT2D eigenvalue weighted by Crippen LogP contribution is -2.53. The smallest absolute Gasteiger partial charge is 0.181 e. The summed E-state index contributed by atoms with van der Waals surface area (Å²) in [5, 5.41) is 5.24. The van der Waals surface area contributed by atoms with Crippen LogP contribution in [0.1, 0.15) is 6.42 Å². The minimum Gasteiger partial charge on any atom is -0.497 e. The number of carbonyl (C=O) groups is 1. The molecule has 0 radical (unpaired) electrons. The van der Waals surface area contributed by atoms with Crippen molar-refractivity contribution in [2.75, 3.05) is 18.7 Å². The standard InChI is InChI=1S/C20H24N4O2/c1-26-17-9-5-8-16(14-17)24-13-11-19(25)20(23-24)18(10-12-21)22-15-6-3-2-4-7-15/h2-6,8-11,13-15,20,22-23H,7,12,21H2,1H3/b18-10-. The van der Waals surface area contributed by atoms with Crippen LogP contribution in [0.25, 0.3) is 0 Å². The van der Waals surface area contributed by atoms with E-state index in [-0.39, 0.29) is 11.8 Å². The van der Waals surface area contributed by atoms with E-state index in [1.807, 2.05) is 47.5 Å². The number of anilines is 1. The van der Waals surface area contributed by atoms with E-state index in [1.54, 1.807) is 19.4 Å². The number of methoxy groups -OCH3 is 1. The van der Waals surface area contributed by atoms with Gasteiger partial charge in [-0.15, -0.1) is 0 Å². The van der Waals surface area contributed by atoms with Crippen LogP contribution in [0.5, 0.6) is 5.75 Å². The lowest BCUT2D eigenvalue weighted by Gasteiger charge is -2.33. The number of nitrogens with zero attached hydrogens (tertiary/aromatic N) is 1. The average molecular weight is 352 g/mol. The first-order valence-corrected chi connectivity index (χ1v) is 8.62. The van der Waals surface area contributed by atoms with Gasteiger partial charge in [-0.25, -0.2) is 5.43 Å². The minimum atomic E-state index is -0.519. The number of nitrogens with two attached hydrogens (primary N) is 1. The van der Waals surface area contributed by atoms with Crippen molar-refractivity contribution in [1.29, 1.82) is 0 Å². The maximum absolute atomic E-state index is 12.5. The Morgan fingerprint density at radius 1 is 1.46 bits per heavy atom. The van der Waals surface area contributed by atoms with Crippen molar-refractivity contribution < 1.29 is 9.53 Å². The van der Waals surface area contributed by atoms with E-state index in [9.17, 15) is 4.79 Å². The van der Waals surface area contributed by atoms with Gasteiger partial charge in [-0.1, -0.05) is 30.4 Å². The first-order valence-electron chi connectivity index (χ1n) is 8.62. The predicted molar refractivity (Wildman–Crippen MR) is 104 cm³/mol. The van der Waals surface area contributed by atoms with E-state index in [0.717, 1.165) is 23.6 Å². The number of hydrogen-bond donors (Lipinski definition) is 3. The summed E-state index contributed by atoms with van der Waals surface area (Å²) in [5.74, 6) is 0.729. The predicted octanol–water partition coefficient (Wildman–Crippen LogP) is 1.79. The van der Waals surface area contributed by atoms with Crippen LogP contribution in [0.15, 0.2) is 72.6 Å². The third-order valence-electron chi connectivity index (χ3n) is 4.25. The van der Waals surface area contributed by atoms with E-state index >= 15 is 0 Å². The largest absolute Gasteiger partial charge is 0.497 e. The fourth-order valence-corrected chi connectivity index (χ4v) is 2.92. The van der Waals surface area contributed by atoms with Crippen molar-refractivity contribution in [2.45, 2.75) is 18.5 Å². The van der Waals surface area contributed by atoms with Gasteiger partial charge in [0.1, 0.15) is 11.8 Å². The van der Waals surface area contributed by atoms with Crippen LogP contribution < -0.4 is 26.2 Å². The molecule has 0 amide bonds. The zero-order chi connectivity index (χ0) is 18.4. The molecular weight excluding hydrogens is 328 g/mol. The first kappa shape index (κ1) is 18.0. The number of ether oxygens (including phenoxy) is 1. The zero-order valence-electron chi connectivity index (χ0n) is 14.8. The summed E-state index contributed by atoms with van der Waals surface area (Å²) >= 11 is 0. The highest BCUT2D eigenvalue weighted by atomic mass is 16.5. The highest BCUT2D eigenvalue weighted by Gasteiger charge is 2.27. The Morgan fingerprint density at radius 3 is 3.08 bits per heavy atom. The van der Waals surface area contributed by atoms with Crippen LogP contribution >= 0.6 is 0 Å². The van der Waals surface area contributed by atoms with Gasteiger partial charge in [-0.05, 0) is 24.6 Å². The fraction of sp³-hybridized carbons (Fsp3) is 0.250. The number of allylic oxidation sites excluding steroid dienone is 2. The summed E-state index contributed by atoms with van der Waals surface area (Å²) < 4.78 is 5.28. The monoisotopic (exact) mass is 352 g/mol.